The molecule has 1 saturated carbocycles. The van der Waals surface area contributed by atoms with Crippen LogP contribution in [0.5, 0.6) is 0 Å². The zero-order valence-corrected chi connectivity index (χ0v) is 27.3. The third-order valence-electron chi connectivity index (χ3n) is 11.8. The fourth-order valence-electron chi connectivity index (χ4n) is 9.67. The second kappa shape index (κ2) is 10.4. The second-order valence-corrected chi connectivity index (χ2v) is 15.0. The quantitative estimate of drug-likeness (QED) is 0.276. The molecule has 0 aromatic heterocycles. The van der Waals surface area contributed by atoms with Crippen LogP contribution in [-0.4, -0.2) is 22.8 Å². The first-order chi connectivity index (χ1) is 19.6. The normalized spacial score (nSPS) is 33.2. The first kappa shape index (κ1) is 30.7. The minimum absolute atomic E-state index is 0.0610. The zero-order chi connectivity index (χ0) is 30.9. The predicted molar refractivity (Wildman–Crippen MR) is 172 cm³/mol. The summed E-state index contributed by atoms with van der Waals surface area (Å²) in [5, 5.41) is 12.4. The minimum Gasteiger partial charge on any atom is -0.384 e. The van der Waals surface area contributed by atoms with E-state index in [9.17, 15) is 14.7 Å². The highest BCUT2D eigenvalue weighted by atomic mass is 16.3. The molecule has 3 heteroatoms. The molecule has 0 amide bonds. The maximum Gasteiger partial charge on any atom is 0.176 e. The lowest BCUT2D eigenvalue weighted by atomic mass is 9.42. The Morgan fingerprint density at radius 3 is 2.31 bits per heavy atom. The molecular weight excluding hydrogens is 516 g/mol. The van der Waals surface area contributed by atoms with E-state index < -0.39 is 11.5 Å². The number of hydrogen-bond acceptors (Lipinski definition) is 3. The first-order valence-electron chi connectivity index (χ1n) is 15.8. The molecule has 1 aromatic rings. The molecule has 0 spiro atoms. The average Bonchev–Trinajstić information content (AvgIpc) is 2.87. The van der Waals surface area contributed by atoms with Gasteiger partial charge in [0.1, 0.15) is 6.10 Å². The molecule has 3 nitrogen and oxygen atoms in total. The van der Waals surface area contributed by atoms with Crippen LogP contribution in [-0.2, 0) is 16.0 Å². The minimum atomic E-state index is -0.821. The Labute approximate surface area is 253 Å². The number of rotatable bonds is 6. The summed E-state index contributed by atoms with van der Waals surface area (Å²) in [5.41, 5.74) is 9.56. The van der Waals surface area contributed by atoms with E-state index in [0.29, 0.717) is 17.4 Å². The lowest BCUT2D eigenvalue weighted by Gasteiger charge is -2.61. The van der Waals surface area contributed by atoms with Crippen LogP contribution in [0.3, 0.4) is 0 Å². The van der Waals surface area contributed by atoms with Crippen LogP contribution in [0.15, 0.2) is 87.1 Å². The van der Waals surface area contributed by atoms with E-state index in [4.69, 9.17) is 0 Å². The van der Waals surface area contributed by atoms with Crippen molar-refractivity contribution in [2.24, 2.45) is 28.1 Å². The van der Waals surface area contributed by atoms with Gasteiger partial charge in [0.25, 0.3) is 0 Å². The topological polar surface area (TPSA) is 54.4 Å². The zero-order valence-electron chi connectivity index (χ0n) is 27.3. The van der Waals surface area contributed by atoms with Crippen LogP contribution in [0.1, 0.15) is 100.0 Å². The van der Waals surface area contributed by atoms with Crippen LogP contribution in [0, 0.1) is 28.1 Å². The van der Waals surface area contributed by atoms with Gasteiger partial charge < -0.3 is 5.11 Å². The largest absolute Gasteiger partial charge is 0.384 e. The number of Topliss-reactive ketones (excluding diaryl/α,β-unsaturated/α-hetero) is 2. The van der Waals surface area contributed by atoms with Crippen LogP contribution in [0.25, 0.3) is 0 Å². The van der Waals surface area contributed by atoms with Crippen LogP contribution in [0.2, 0.25) is 0 Å². The smallest absolute Gasteiger partial charge is 0.176 e. The van der Waals surface area contributed by atoms with E-state index >= 15 is 0 Å². The number of carbonyl (C=O) groups is 2. The van der Waals surface area contributed by atoms with Gasteiger partial charge in [-0.15, -0.1) is 0 Å². The molecule has 224 valence electrons. The average molecular weight is 567 g/mol. The molecule has 5 atom stereocenters. The molecular formula is C39H50O3. The van der Waals surface area contributed by atoms with E-state index in [1.165, 1.54) is 34.8 Å². The number of carbonyl (C=O) groups excluding carboxylic acids is 2. The van der Waals surface area contributed by atoms with E-state index in [0.717, 1.165) is 60.8 Å². The lowest BCUT2D eigenvalue weighted by molar-refractivity contribution is -0.134. The van der Waals surface area contributed by atoms with Gasteiger partial charge in [0.2, 0.25) is 0 Å². The Bertz CT molecular complexity index is 1490. The lowest BCUT2D eigenvalue weighted by Crippen LogP contribution is -2.57. The summed E-state index contributed by atoms with van der Waals surface area (Å²) in [4.78, 5) is 26.9. The molecule has 1 fully saturated rings. The van der Waals surface area contributed by atoms with Crippen molar-refractivity contribution in [2.75, 3.05) is 0 Å². The van der Waals surface area contributed by atoms with Crippen molar-refractivity contribution in [1.29, 1.82) is 0 Å². The maximum atomic E-state index is 14.2. The Morgan fingerprint density at radius 1 is 1.07 bits per heavy atom. The number of hydrogen-bond donors (Lipinski definition) is 1. The highest BCUT2D eigenvalue weighted by molar-refractivity contribution is 6.23. The van der Waals surface area contributed by atoms with E-state index in [1.54, 1.807) is 0 Å². The standard InChI is InChI=1S/C39H50O3/c1-22(2)30-18-29(17-23(3)16-28-14-12-11-13-15-28)25(5)33-31(30)20-37(8)21-38(9)19-24(4)32(27(7)40)36(42)39(38,10)26(6)34(37)35(33)41/h11-15,22,29,35,41H,3,16-21H2,1-2,4-10H3. The van der Waals surface area contributed by atoms with Crippen molar-refractivity contribution in [3.05, 3.63) is 92.6 Å². The Morgan fingerprint density at radius 2 is 1.71 bits per heavy atom. The number of aliphatic hydroxyl groups excluding tert-OH is 1. The SMILES string of the molecule is C=C(Cc1ccccc1)CC1CC(C(C)C)=C2CC3(C)CC4(C)CC(C)=C(C(C)=O)C(=O)C4(C)C(C)=C3C(O)C2=C1C. The summed E-state index contributed by atoms with van der Waals surface area (Å²) in [6, 6.07) is 10.5. The fourth-order valence-corrected chi connectivity index (χ4v) is 9.67. The van der Waals surface area contributed by atoms with E-state index in [2.05, 4.69) is 72.4 Å². The molecule has 1 aromatic carbocycles. The summed E-state index contributed by atoms with van der Waals surface area (Å²) >= 11 is 0. The molecule has 4 aliphatic rings. The van der Waals surface area contributed by atoms with Gasteiger partial charge in [0.05, 0.1) is 11.0 Å². The molecule has 5 unspecified atom stereocenters. The summed E-state index contributed by atoms with van der Waals surface area (Å²) < 4.78 is 0. The first-order valence-corrected chi connectivity index (χ1v) is 15.8. The Hall–Kier alpha value is -2.78. The molecule has 0 radical (unpaired) electrons. The van der Waals surface area contributed by atoms with Crippen LogP contribution < -0.4 is 0 Å². The second-order valence-electron chi connectivity index (χ2n) is 15.0. The molecule has 42 heavy (non-hydrogen) atoms. The van der Waals surface area contributed by atoms with Crippen molar-refractivity contribution >= 4 is 11.6 Å². The molecule has 0 heterocycles. The monoisotopic (exact) mass is 566 g/mol. The van der Waals surface area contributed by atoms with Crippen LogP contribution >= 0.6 is 0 Å². The van der Waals surface area contributed by atoms with Gasteiger partial charge in [-0.2, -0.15) is 0 Å². The van der Waals surface area contributed by atoms with Gasteiger partial charge in [-0.3, -0.25) is 9.59 Å². The van der Waals surface area contributed by atoms with Crippen LogP contribution in [0.4, 0.5) is 0 Å². The maximum absolute atomic E-state index is 14.2. The van der Waals surface area contributed by atoms with Gasteiger partial charge in [-0.25, -0.2) is 0 Å². The number of allylic oxidation sites excluding steroid dienone is 6. The molecule has 1 N–H and O–H groups in total. The summed E-state index contributed by atoms with van der Waals surface area (Å²) in [5.74, 6) is 0.480. The van der Waals surface area contributed by atoms with Gasteiger partial charge in [-0.1, -0.05) is 92.5 Å². The molecule has 5 rings (SSSR count). The highest BCUT2D eigenvalue weighted by Crippen LogP contribution is 2.68. The Kier molecular flexibility index (Phi) is 7.62. The summed E-state index contributed by atoms with van der Waals surface area (Å²) in [6.07, 6.45) is 4.44. The van der Waals surface area contributed by atoms with Crippen molar-refractivity contribution < 1.29 is 14.7 Å². The molecule has 0 aliphatic heterocycles. The van der Waals surface area contributed by atoms with Gasteiger partial charge >= 0.3 is 0 Å². The van der Waals surface area contributed by atoms with Gasteiger partial charge in [0, 0.05) is 0 Å². The number of ketones is 2. The third-order valence-corrected chi connectivity index (χ3v) is 11.8. The number of aliphatic hydroxyl groups is 1. The van der Waals surface area contributed by atoms with E-state index in [1.807, 2.05) is 19.9 Å². The van der Waals surface area contributed by atoms with Gasteiger partial charge in [-0.05, 0) is 118 Å². The summed E-state index contributed by atoms with van der Waals surface area (Å²) in [6.45, 7) is 23.4. The Balaban J connectivity index is 1.61. The predicted octanol–water partition coefficient (Wildman–Crippen LogP) is 8.85. The van der Waals surface area contributed by atoms with E-state index in [-0.39, 0.29) is 22.4 Å². The summed E-state index contributed by atoms with van der Waals surface area (Å²) in [7, 11) is 0. The third kappa shape index (κ3) is 4.50. The van der Waals surface area contributed by atoms with Crippen molar-refractivity contribution in [3.63, 3.8) is 0 Å². The molecule has 0 bridgehead atoms. The highest BCUT2D eigenvalue weighted by Gasteiger charge is 2.63. The molecule has 4 aliphatic carbocycles. The number of benzene rings is 1. The van der Waals surface area contributed by atoms with Crippen molar-refractivity contribution in [1.82, 2.24) is 0 Å². The molecule has 0 saturated heterocycles. The number of fused-ring (bicyclic) bond motifs is 3. The van der Waals surface area contributed by atoms with Crippen molar-refractivity contribution in [3.8, 4) is 0 Å². The van der Waals surface area contributed by atoms with Gasteiger partial charge in [0.15, 0.2) is 11.6 Å². The van der Waals surface area contributed by atoms with Crippen molar-refractivity contribution in [2.45, 2.75) is 107 Å². The fraction of sp³-hybridized carbons (Fsp3) is 0.538.